The van der Waals surface area contributed by atoms with Gasteiger partial charge in [0, 0.05) is 49.9 Å². The topological polar surface area (TPSA) is 69.3 Å². The third kappa shape index (κ3) is 3.86. The summed E-state index contributed by atoms with van der Waals surface area (Å²) >= 11 is 1.71. The summed E-state index contributed by atoms with van der Waals surface area (Å²) in [6, 6.07) is 2.97. The molecule has 0 unspecified atom stereocenters. The van der Waals surface area contributed by atoms with Crippen molar-refractivity contribution in [3.05, 3.63) is 50.3 Å². The van der Waals surface area contributed by atoms with Gasteiger partial charge in [-0.25, -0.2) is 4.98 Å². The molecule has 122 valence electrons. The van der Waals surface area contributed by atoms with Crippen molar-refractivity contribution >= 4 is 17.2 Å². The van der Waals surface area contributed by atoms with E-state index in [0.29, 0.717) is 5.56 Å². The molecule has 0 aliphatic carbocycles. The second-order valence-electron chi connectivity index (χ2n) is 5.69. The second kappa shape index (κ2) is 7.06. The summed E-state index contributed by atoms with van der Waals surface area (Å²) in [6.45, 7) is 6.26. The number of thiazole rings is 1. The van der Waals surface area contributed by atoms with Gasteiger partial charge in [-0.1, -0.05) is 0 Å². The minimum atomic E-state index is -0.190. The van der Waals surface area contributed by atoms with Crippen LogP contribution in [0.4, 0.5) is 0 Å². The average Bonchev–Trinajstić information content (AvgIpc) is 2.99. The first kappa shape index (κ1) is 15.9. The van der Waals surface area contributed by atoms with Gasteiger partial charge in [0.2, 0.25) is 5.56 Å². The van der Waals surface area contributed by atoms with Crippen molar-refractivity contribution in [3.8, 4) is 0 Å². The summed E-state index contributed by atoms with van der Waals surface area (Å²) in [6.07, 6.45) is 2.51. The van der Waals surface area contributed by atoms with Crippen molar-refractivity contribution in [1.82, 2.24) is 19.8 Å². The standard InChI is InChI=1S/C16H20N4O2S/c1-12-14(23-11-18-12)4-5-19-6-8-20(9-7-19)16(22)13-2-3-15(21)17-10-13/h2-3,10-11H,4-9H2,1H3,(H,17,21). The highest BCUT2D eigenvalue weighted by atomic mass is 32.1. The molecule has 1 saturated heterocycles. The van der Waals surface area contributed by atoms with E-state index in [4.69, 9.17) is 0 Å². The number of nitrogens with one attached hydrogen (secondary N) is 1. The molecular formula is C16H20N4O2S. The van der Waals surface area contributed by atoms with E-state index < -0.39 is 0 Å². The molecule has 23 heavy (non-hydrogen) atoms. The lowest BCUT2D eigenvalue weighted by molar-refractivity contribution is 0.0638. The zero-order chi connectivity index (χ0) is 16.2. The van der Waals surface area contributed by atoms with Crippen LogP contribution in [-0.4, -0.2) is 58.4 Å². The van der Waals surface area contributed by atoms with Crippen LogP contribution in [0.5, 0.6) is 0 Å². The molecule has 0 spiro atoms. The van der Waals surface area contributed by atoms with E-state index in [9.17, 15) is 9.59 Å². The van der Waals surface area contributed by atoms with Gasteiger partial charge < -0.3 is 9.88 Å². The predicted molar refractivity (Wildman–Crippen MR) is 90.0 cm³/mol. The van der Waals surface area contributed by atoms with E-state index in [1.807, 2.05) is 17.3 Å². The molecule has 0 aromatic carbocycles. The third-order valence-electron chi connectivity index (χ3n) is 4.19. The fraction of sp³-hybridized carbons (Fsp3) is 0.438. The molecule has 2 aromatic heterocycles. The second-order valence-corrected chi connectivity index (χ2v) is 6.63. The van der Waals surface area contributed by atoms with Gasteiger partial charge in [0.25, 0.3) is 5.91 Å². The Morgan fingerprint density at radius 2 is 2.09 bits per heavy atom. The van der Waals surface area contributed by atoms with Gasteiger partial charge in [0.1, 0.15) is 0 Å². The summed E-state index contributed by atoms with van der Waals surface area (Å²) in [5, 5.41) is 0. The molecular weight excluding hydrogens is 312 g/mol. The van der Waals surface area contributed by atoms with Crippen LogP contribution < -0.4 is 5.56 Å². The van der Waals surface area contributed by atoms with E-state index in [0.717, 1.165) is 44.8 Å². The molecule has 1 fully saturated rings. The summed E-state index contributed by atoms with van der Waals surface area (Å²) in [7, 11) is 0. The van der Waals surface area contributed by atoms with Crippen LogP contribution in [0.15, 0.2) is 28.6 Å². The maximum absolute atomic E-state index is 12.4. The molecule has 1 aliphatic rings. The van der Waals surface area contributed by atoms with Gasteiger partial charge in [-0.05, 0) is 19.4 Å². The molecule has 0 bridgehead atoms. The monoisotopic (exact) mass is 332 g/mol. The van der Waals surface area contributed by atoms with E-state index in [2.05, 4.69) is 14.9 Å². The number of aryl methyl sites for hydroxylation is 1. The smallest absolute Gasteiger partial charge is 0.255 e. The largest absolute Gasteiger partial charge is 0.336 e. The Balaban J connectivity index is 1.50. The first-order valence-corrected chi connectivity index (χ1v) is 8.61. The van der Waals surface area contributed by atoms with Crippen LogP contribution >= 0.6 is 11.3 Å². The highest BCUT2D eigenvalue weighted by Gasteiger charge is 2.22. The van der Waals surface area contributed by atoms with Crippen LogP contribution in [0.25, 0.3) is 0 Å². The summed E-state index contributed by atoms with van der Waals surface area (Å²) < 4.78 is 0. The molecule has 1 amide bonds. The number of rotatable bonds is 4. The van der Waals surface area contributed by atoms with Crippen molar-refractivity contribution in [1.29, 1.82) is 0 Å². The number of nitrogens with zero attached hydrogens (tertiary/aromatic N) is 3. The summed E-state index contributed by atoms with van der Waals surface area (Å²) in [5.41, 5.74) is 3.37. The lowest BCUT2D eigenvalue weighted by Crippen LogP contribution is -2.49. The Morgan fingerprint density at radius 1 is 1.30 bits per heavy atom. The number of hydrogen-bond acceptors (Lipinski definition) is 5. The Labute approximate surface area is 138 Å². The quantitative estimate of drug-likeness (QED) is 0.912. The van der Waals surface area contributed by atoms with Gasteiger partial charge in [0.05, 0.1) is 16.8 Å². The Morgan fingerprint density at radius 3 is 2.70 bits per heavy atom. The number of hydrogen-bond donors (Lipinski definition) is 1. The number of carbonyl (C=O) groups excluding carboxylic acids is 1. The lowest BCUT2D eigenvalue weighted by atomic mass is 10.2. The zero-order valence-electron chi connectivity index (χ0n) is 13.1. The van der Waals surface area contributed by atoms with Crippen molar-refractivity contribution in [2.75, 3.05) is 32.7 Å². The molecule has 3 heterocycles. The fourth-order valence-electron chi connectivity index (χ4n) is 2.73. The maximum Gasteiger partial charge on any atom is 0.255 e. The van der Waals surface area contributed by atoms with E-state index in [-0.39, 0.29) is 11.5 Å². The van der Waals surface area contributed by atoms with Crippen molar-refractivity contribution in [3.63, 3.8) is 0 Å². The number of aromatic amines is 1. The maximum atomic E-state index is 12.4. The number of pyridine rings is 1. The SMILES string of the molecule is Cc1ncsc1CCN1CCN(C(=O)c2ccc(=O)[nH]c2)CC1. The first-order valence-electron chi connectivity index (χ1n) is 7.73. The van der Waals surface area contributed by atoms with Crippen LogP contribution in [-0.2, 0) is 6.42 Å². The van der Waals surface area contributed by atoms with Gasteiger partial charge >= 0.3 is 0 Å². The van der Waals surface area contributed by atoms with Gasteiger partial charge in [-0.15, -0.1) is 11.3 Å². The highest BCUT2D eigenvalue weighted by molar-refractivity contribution is 7.09. The number of aromatic nitrogens is 2. The fourth-order valence-corrected chi connectivity index (χ4v) is 3.50. The Hall–Kier alpha value is -1.99. The average molecular weight is 332 g/mol. The number of piperazine rings is 1. The highest BCUT2D eigenvalue weighted by Crippen LogP contribution is 2.14. The van der Waals surface area contributed by atoms with Crippen LogP contribution in [0.2, 0.25) is 0 Å². The van der Waals surface area contributed by atoms with Gasteiger partial charge in [-0.2, -0.15) is 0 Å². The Kier molecular flexibility index (Phi) is 4.88. The van der Waals surface area contributed by atoms with Crippen molar-refractivity contribution < 1.29 is 4.79 Å². The molecule has 0 radical (unpaired) electrons. The molecule has 7 heteroatoms. The van der Waals surface area contributed by atoms with Crippen LogP contribution in [0, 0.1) is 6.92 Å². The molecule has 0 saturated carbocycles. The summed E-state index contributed by atoms with van der Waals surface area (Å²) in [5.74, 6) is -0.0146. The predicted octanol–water partition coefficient (Wildman–Crippen LogP) is 1.14. The summed E-state index contributed by atoms with van der Waals surface area (Å²) in [4.78, 5) is 35.9. The zero-order valence-corrected chi connectivity index (χ0v) is 13.9. The molecule has 6 nitrogen and oxygen atoms in total. The molecule has 0 atom stereocenters. The minimum absolute atomic E-state index is 0.0146. The molecule has 1 N–H and O–H groups in total. The minimum Gasteiger partial charge on any atom is -0.336 e. The number of amides is 1. The van der Waals surface area contributed by atoms with E-state index in [1.54, 1.807) is 17.4 Å². The van der Waals surface area contributed by atoms with Crippen LogP contribution in [0.1, 0.15) is 20.9 Å². The van der Waals surface area contributed by atoms with Gasteiger partial charge in [0.15, 0.2) is 0 Å². The van der Waals surface area contributed by atoms with E-state index >= 15 is 0 Å². The molecule has 1 aliphatic heterocycles. The van der Waals surface area contributed by atoms with E-state index in [1.165, 1.54) is 17.1 Å². The molecule has 2 aromatic rings. The van der Waals surface area contributed by atoms with Crippen molar-refractivity contribution in [2.24, 2.45) is 0 Å². The van der Waals surface area contributed by atoms with Gasteiger partial charge in [-0.3, -0.25) is 14.5 Å². The number of carbonyl (C=O) groups is 1. The third-order valence-corrected chi connectivity index (χ3v) is 5.19. The first-order chi connectivity index (χ1) is 11.1. The number of H-pyrrole nitrogens is 1. The molecule has 3 rings (SSSR count). The van der Waals surface area contributed by atoms with Crippen LogP contribution in [0.3, 0.4) is 0 Å². The Bertz CT molecular complexity index is 711. The van der Waals surface area contributed by atoms with Crippen molar-refractivity contribution in [2.45, 2.75) is 13.3 Å². The normalized spacial score (nSPS) is 15.8. The lowest BCUT2D eigenvalue weighted by Gasteiger charge is -2.34.